The lowest BCUT2D eigenvalue weighted by molar-refractivity contribution is -0.0467. The average molecular weight is 277 g/mol. The van der Waals surface area contributed by atoms with Crippen molar-refractivity contribution in [3.8, 4) is 0 Å². The molecule has 104 valence electrons. The first-order valence-electron chi connectivity index (χ1n) is 6.98. The minimum Gasteiger partial charge on any atom is -0.376 e. The third kappa shape index (κ3) is 2.14. The van der Waals surface area contributed by atoms with Gasteiger partial charge in [0.2, 0.25) is 0 Å². The predicted molar refractivity (Wildman–Crippen MR) is 82.1 cm³/mol. The summed E-state index contributed by atoms with van der Waals surface area (Å²) in [6.45, 7) is 1.26. The first kappa shape index (κ1) is 12.3. The molecule has 1 aliphatic rings. The Morgan fingerprint density at radius 3 is 2.62 bits per heavy atom. The van der Waals surface area contributed by atoms with Gasteiger partial charge in [-0.3, -0.25) is 9.97 Å². The number of pyridine rings is 2. The van der Waals surface area contributed by atoms with Crippen molar-refractivity contribution in [1.82, 2.24) is 9.97 Å². The molecule has 0 unspecified atom stereocenters. The van der Waals surface area contributed by atoms with Gasteiger partial charge in [0, 0.05) is 23.5 Å². The molecule has 0 saturated carbocycles. The standard InChI is InChI=1S/C17H15N3O/c1-2-8-19-16(5-1)17(11-21-12-17)20-14-7-6-13-4-3-9-18-15(13)10-14/h1-10,20H,11-12H2. The van der Waals surface area contributed by atoms with Gasteiger partial charge < -0.3 is 10.1 Å². The number of fused-ring (bicyclic) bond motifs is 1. The van der Waals surface area contributed by atoms with Gasteiger partial charge in [-0.05, 0) is 30.3 Å². The second-order valence-electron chi connectivity index (χ2n) is 5.33. The van der Waals surface area contributed by atoms with Gasteiger partial charge in [0.05, 0.1) is 24.4 Å². The molecule has 0 bridgehead atoms. The number of hydrogen-bond acceptors (Lipinski definition) is 4. The molecule has 2 aromatic heterocycles. The Balaban J connectivity index is 1.69. The van der Waals surface area contributed by atoms with Crippen LogP contribution in [0.1, 0.15) is 5.69 Å². The summed E-state index contributed by atoms with van der Waals surface area (Å²) in [5.41, 5.74) is 2.80. The maximum absolute atomic E-state index is 5.43. The van der Waals surface area contributed by atoms with Crippen LogP contribution in [0.3, 0.4) is 0 Å². The number of anilines is 1. The number of benzene rings is 1. The Morgan fingerprint density at radius 2 is 1.86 bits per heavy atom. The molecule has 3 heterocycles. The van der Waals surface area contributed by atoms with Gasteiger partial charge in [-0.25, -0.2) is 0 Å². The van der Waals surface area contributed by atoms with Crippen LogP contribution in [-0.4, -0.2) is 23.2 Å². The summed E-state index contributed by atoms with van der Waals surface area (Å²) in [5, 5.41) is 4.71. The highest BCUT2D eigenvalue weighted by Crippen LogP contribution is 2.33. The number of hydrogen-bond donors (Lipinski definition) is 1. The number of nitrogens with zero attached hydrogens (tertiary/aromatic N) is 2. The van der Waals surface area contributed by atoms with Crippen molar-refractivity contribution in [1.29, 1.82) is 0 Å². The van der Waals surface area contributed by atoms with E-state index in [0.717, 1.165) is 22.3 Å². The molecule has 1 N–H and O–H groups in total. The van der Waals surface area contributed by atoms with E-state index in [1.54, 1.807) is 0 Å². The summed E-state index contributed by atoms with van der Waals surface area (Å²) in [4.78, 5) is 8.87. The van der Waals surface area contributed by atoms with E-state index in [1.807, 2.05) is 36.7 Å². The fraction of sp³-hybridized carbons (Fsp3) is 0.176. The van der Waals surface area contributed by atoms with E-state index in [0.29, 0.717) is 13.2 Å². The van der Waals surface area contributed by atoms with Crippen LogP contribution in [0.15, 0.2) is 60.9 Å². The Labute approximate surface area is 122 Å². The topological polar surface area (TPSA) is 47.0 Å². The van der Waals surface area contributed by atoms with Crippen LogP contribution in [0.4, 0.5) is 5.69 Å². The third-order valence-corrected chi connectivity index (χ3v) is 3.84. The number of ether oxygens (including phenoxy) is 1. The molecule has 0 aliphatic carbocycles. The highest BCUT2D eigenvalue weighted by Gasteiger charge is 2.41. The summed E-state index contributed by atoms with van der Waals surface area (Å²) < 4.78 is 5.43. The molecule has 4 nitrogen and oxygen atoms in total. The molecule has 0 atom stereocenters. The van der Waals surface area contributed by atoms with Crippen LogP contribution in [0.25, 0.3) is 10.9 Å². The Morgan fingerprint density at radius 1 is 0.952 bits per heavy atom. The van der Waals surface area contributed by atoms with Gasteiger partial charge in [0.15, 0.2) is 0 Å². The van der Waals surface area contributed by atoms with E-state index < -0.39 is 0 Å². The lowest BCUT2D eigenvalue weighted by atomic mass is 9.92. The summed E-state index contributed by atoms with van der Waals surface area (Å²) in [6, 6.07) is 16.2. The van der Waals surface area contributed by atoms with Crippen molar-refractivity contribution in [3.63, 3.8) is 0 Å². The van der Waals surface area contributed by atoms with Crippen molar-refractivity contribution in [2.75, 3.05) is 18.5 Å². The largest absolute Gasteiger partial charge is 0.376 e. The van der Waals surface area contributed by atoms with Crippen LogP contribution < -0.4 is 5.32 Å². The van der Waals surface area contributed by atoms with Crippen molar-refractivity contribution in [2.45, 2.75) is 5.54 Å². The molecule has 1 fully saturated rings. The van der Waals surface area contributed by atoms with Crippen LogP contribution in [0, 0.1) is 0 Å². The predicted octanol–water partition coefficient (Wildman–Crippen LogP) is 2.97. The van der Waals surface area contributed by atoms with Gasteiger partial charge in [0.25, 0.3) is 0 Å². The molecule has 0 radical (unpaired) electrons. The number of aromatic nitrogens is 2. The number of rotatable bonds is 3. The van der Waals surface area contributed by atoms with Gasteiger partial charge in [-0.2, -0.15) is 0 Å². The monoisotopic (exact) mass is 277 g/mol. The van der Waals surface area contributed by atoms with E-state index in [1.165, 1.54) is 0 Å². The lowest BCUT2D eigenvalue weighted by Crippen LogP contribution is -2.53. The normalized spacial score (nSPS) is 16.4. The van der Waals surface area contributed by atoms with E-state index in [9.17, 15) is 0 Å². The fourth-order valence-corrected chi connectivity index (χ4v) is 2.66. The second kappa shape index (κ2) is 4.82. The molecule has 0 spiro atoms. The van der Waals surface area contributed by atoms with E-state index in [4.69, 9.17) is 4.74 Å². The van der Waals surface area contributed by atoms with E-state index in [2.05, 4.69) is 39.6 Å². The van der Waals surface area contributed by atoms with Crippen molar-refractivity contribution in [2.24, 2.45) is 0 Å². The summed E-state index contributed by atoms with van der Waals surface area (Å²) in [7, 11) is 0. The highest BCUT2D eigenvalue weighted by atomic mass is 16.5. The van der Waals surface area contributed by atoms with Crippen LogP contribution >= 0.6 is 0 Å². The smallest absolute Gasteiger partial charge is 0.127 e. The second-order valence-corrected chi connectivity index (χ2v) is 5.33. The molecule has 1 aromatic carbocycles. The van der Waals surface area contributed by atoms with Crippen molar-refractivity contribution < 1.29 is 4.74 Å². The first-order chi connectivity index (χ1) is 10.4. The molecule has 1 aliphatic heterocycles. The molecule has 4 heteroatoms. The summed E-state index contributed by atoms with van der Waals surface area (Å²) >= 11 is 0. The first-order valence-corrected chi connectivity index (χ1v) is 6.98. The fourth-order valence-electron chi connectivity index (χ4n) is 2.66. The van der Waals surface area contributed by atoms with Crippen molar-refractivity contribution >= 4 is 16.6 Å². The molecule has 21 heavy (non-hydrogen) atoms. The lowest BCUT2D eigenvalue weighted by Gasteiger charge is -2.42. The van der Waals surface area contributed by atoms with Crippen LogP contribution in [0.5, 0.6) is 0 Å². The molecule has 3 aromatic rings. The maximum Gasteiger partial charge on any atom is 0.127 e. The average Bonchev–Trinajstić information content (AvgIpc) is 2.51. The molecule has 1 saturated heterocycles. The Bertz CT molecular complexity index is 769. The number of nitrogens with one attached hydrogen (secondary N) is 1. The highest BCUT2D eigenvalue weighted by molar-refractivity contribution is 5.82. The van der Waals surface area contributed by atoms with Gasteiger partial charge in [-0.15, -0.1) is 0 Å². The molecule has 0 amide bonds. The SMILES string of the molecule is c1ccc(C2(Nc3ccc4cccnc4c3)COC2)nc1. The molecular weight excluding hydrogens is 262 g/mol. The zero-order valence-electron chi connectivity index (χ0n) is 11.5. The van der Waals surface area contributed by atoms with Crippen LogP contribution in [-0.2, 0) is 10.3 Å². The molecular formula is C17H15N3O. The van der Waals surface area contributed by atoms with Gasteiger partial charge in [-0.1, -0.05) is 18.2 Å². The minimum atomic E-state index is -0.232. The minimum absolute atomic E-state index is 0.232. The maximum atomic E-state index is 5.43. The van der Waals surface area contributed by atoms with Gasteiger partial charge >= 0.3 is 0 Å². The van der Waals surface area contributed by atoms with Crippen molar-refractivity contribution in [3.05, 3.63) is 66.6 Å². The van der Waals surface area contributed by atoms with E-state index >= 15 is 0 Å². The summed E-state index contributed by atoms with van der Waals surface area (Å²) in [6.07, 6.45) is 3.63. The van der Waals surface area contributed by atoms with Gasteiger partial charge in [0.1, 0.15) is 5.54 Å². The van der Waals surface area contributed by atoms with E-state index in [-0.39, 0.29) is 5.54 Å². The Kier molecular flexibility index (Phi) is 2.82. The quantitative estimate of drug-likeness (QED) is 0.799. The Hall–Kier alpha value is -2.46. The zero-order valence-corrected chi connectivity index (χ0v) is 11.5. The van der Waals surface area contributed by atoms with Crippen LogP contribution in [0.2, 0.25) is 0 Å². The molecule has 4 rings (SSSR count). The summed E-state index contributed by atoms with van der Waals surface area (Å²) in [5.74, 6) is 0. The zero-order chi connectivity index (χ0) is 14.1. The third-order valence-electron chi connectivity index (χ3n) is 3.84.